The number of rotatable bonds is 3. The van der Waals surface area contributed by atoms with Crippen molar-refractivity contribution in [1.82, 2.24) is 19.5 Å². The first kappa shape index (κ1) is 19.0. The van der Waals surface area contributed by atoms with Gasteiger partial charge in [0.25, 0.3) is 5.91 Å². The Morgan fingerprint density at radius 2 is 2.00 bits per heavy atom. The molecule has 0 radical (unpaired) electrons. The summed E-state index contributed by atoms with van der Waals surface area (Å²) < 4.78 is 25.6. The van der Waals surface area contributed by atoms with Crippen molar-refractivity contribution in [2.75, 3.05) is 0 Å². The maximum absolute atomic E-state index is 11.9. The van der Waals surface area contributed by atoms with Gasteiger partial charge < -0.3 is 10.3 Å². The zero-order valence-corrected chi connectivity index (χ0v) is 14.5. The highest BCUT2D eigenvalue weighted by Crippen LogP contribution is 2.28. The summed E-state index contributed by atoms with van der Waals surface area (Å²) in [6, 6.07) is 1.56. The number of aryl methyl sites for hydroxylation is 2. The Balaban J connectivity index is 0.000000290. The van der Waals surface area contributed by atoms with Crippen LogP contribution < -0.4 is 5.73 Å². The van der Waals surface area contributed by atoms with E-state index in [1.54, 1.807) is 30.1 Å². The first-order chi connectivity index (χ1) is 11.9. The van der Waals surface area contributed by atoms with Gasteiger partial charge in [-0.25, -0.2) is 23.7 Å². The van der Waals surface area contributed by atoms with Gasteiger partial charge in [-0.15, -0.1) is 0 Å². The predicted molar refractivity (Wildman–Crippen MR) is 92.2 cm³/mol. The summed E-state index contributed by atoms with van der Waals surface area (Å²) in [6.45, 7) is 1.79. The summed E-state index contributed by atoms with van der Waals surface area (Å²) in [6.07, 6.45) is 5.89. The first-order valence-corrected chi connectivity index (χ1v) is 8.28. The second kappa shape index (κ2) is 8.64. The number of carbonyl (C=O) groups excluding carboxylic acids is 1. The SMILES string of the molecule is Cc1cc(C(N)=O)nc(-c2cncn2C)n1.FC(F)C1CCCCC1.[HH]. The Kier molecular flexibility index (Phi) is 6.55. The number of carbonyl (C=O) groups is 1. The molecule has 1 aliphatic carbocycles. The molecule has 0 atom stereocenters. The molecule has 1 saturated carbocycles. The van der Waals surface area contributed by atoms with Crippen LogP contribution >= 0.6 is 0 Å². The number of primary amides is 1. The van der Waals surface area contributed by atoms with Crippen molar-refractivity contribution in [2.24, 2.45) is 18.7 Å². The van der Waals surface area contributed by atoms with Gasteiger partial charge in [0.2, 0.25) is 6.43 Å². The molecule has 138 valence electrons. The minimum Gasteiger partial charge on any atom is -0.364 e. The molecule has 2 aromatic heterocycles. The number of imidazole rings is 1. The van der Waals surface area contributed by atoms with E-state index in [1.165, 1.54) is 0 Å². The lowest BCUT2D eigenvalue weighted by atomic mass is 9.90. The fourth-order valence-corrected chi connectivity index (χ4v) is 2.77. The van der Waals surface area contributed by atoms with Crippen molar-refractivity contribution in [3.8, 4) is 11.5 Å². The minimum atomic E-state index is -2.06. The lowest BCUT2D eigenvalue weighted by molar-refractivity contribution is 0.0562. The van der Waals surface area contributed by atoms with Crippen LogP contribution in [-0.4, -0.2) is 31.9 Å². The molecule has 1 aliphatic rings. The van der Waals surface area contributed by atoms with Gasteiger partial charge in [-0.05, 0) is 25.8 Å². The van der Waals surface area contributed by atoms with E-state index in [0.717, 1.165) is 37.8 Å². The van der Waals surface area contributed by atoms with E-state index >= 15 is 0 Å². The van der Waals surface area contributed by atoms with E-state index in [1.807, 2.05) is 7.05 Å². The number of aromatic nitrogens is 4. The third-order valence-corrected chi connectivity index (χ3v) is 4.16. The van der Waals surface area contributed by atoms with Crippen molar-refractivity contribution in [3.05, 3.63) is 30.0 Å². The summed E-state index contributed by atoms with van der Waals surface area (Å²) in [7, 11) is 1.83. The van der Waals surface area contributed by atoms with Gasteiger partial charge in [0.05, 0.1) is 12.5 Å². The predicted octanol–water partition coefficient (Wildman–Crippen LogP) is 3.36. The third-order valence-electron chi connectivity index (χ3n) is 4.16. The van der Waals surface area contributed by atoms with Crippen LogP contribution in [0.3, 0.4) is 0 Å². The Morgan fingerprint density at radius 1 is 1.32 bits per heavy atom. The molecule has 25 heavy (non-hydrogen) atoms. The second-order valence-electron chi connectivity index (χ2n) is 6.20. The molecule has 0 aromatic carbocycles. The highest BCUT2D eigenvalue weighted by atomic mass is 19.3. The summed E-state index contributed by atoms with van der Waals surface area (Å²) >= 11 is 0. The van der Waals surface area contributed by atoms with Crippen molar-refractivity contribution in [2.45, 2.75) is 45.5 Å². The van der Waals surface area contributed by atoms with E-state index in [2.05, 4.69) is 15.0 Å². The normalized spacial score (nSPS) is 14.9. The molecule has 2 N–H and O–H groups in total. The summed E-state index contributed by atoms with van der Waals surface area (Å²) in [5.74, 6) is -0.388. The number of nitrogens with two attached hydrogens (primary N) is 1. The van der Waals surface area contributed by atoms with E-state index < -0.39 is 12.3 Å². The summed E-state index contributed by atoms with van der Waals surface area (Å²) in [5.41, 5.74) is 6.84. The number of alkyl halides is 2. The van der Waals surface area contributed by atoms with Gasteiger partial charge in [0, 0.05) is 20.1 Å². The number of hydrogen-bond donors (Lipinski definition) is 1. The molecule has 6 nitrogen and oxygen atoms in total. The third kappa shape index (κ3) is 5.30. The lowest BCUT2D eigenvalue weighted by Crippen LogP contribution is -2.14. The van der Waals surface area contributed by atoms with Crippen molar-refractivity contribution in [3.63, 3.8) is 0 Å². The van der Waals surface area contributed by atoms with Crippen LogP contribution in [0.5, 0.6) is 0 Å². The molecule has 0 bridgehead atoms. The fourth-order valence-electron chi connectivity index (χ4n) is 2.77. The van der Waals surface area contributed by atoms with Crippen molar-refractivity contribution in [1.29, 1.82) is 0 Å². The Bertz CT molecular complexity index is 717. The van der Waals surface area contributed by atoms with Crippen LogP contribution in [0.15, 0.2) is 18.6 Å². The zero-order chi connectivity index (χ0) is 18.4. The molecular weight excluding hydrogens is 328 g/mol. The van der Waals surface area contributed by atoms with Gasteiger partial charge in [0.1, 0.15) is 11.4 Å². The van der Waals surface area contributed by atoms with Crippen LogP contribution in [0, 0.1) is 12.8 Å². The molecule has 0 aliphatic heterocycles. The van der Waals surface area contributed by atoms with E-state index in [4.69, 9.17) is 5.73 Å². The number of hydrogen-bond acceptors (Lipinski definition) is 4. The molecule has 0 spiro atoms. The number of halogens is 2. The minimum absolute atomic E-state index is 0. The van der Waals surface area contributed by atoms with Gasteiger partial charge in [0.15, 0.2) is 5.82 Å². The largest absolute Gasteiger partial charge is 0.364 e. The maximum Gasteiger partial charge on any atom is 0.267 e. The molecule has 1 fully saturated rings. The van der Waals surface area contributed by atoms with Crippen LogP contribution in [0.4, 0.5) is 8.78 Å². The molecule has 2 aromatic rings. The molecule has 3 rings (SSSR count). The zero-order valence-electron chi connectivity index (χ0n) is 14.5. The van der Waals surface area contributed by atoms with E-state index in [9.17, 15) is 13.6 Å². The van der Waals surface area contributed by atoms with Gasteiger partial charge in [-0.2, -0.15) is 0 Å². The van der Waals surface area contributed by atoms with Crippen LogP contribution in [-0.2, 0) is 7.05 Å². The van der Waals surface area contributed by atoms with Gasteiger partial charge >= 0.3 is 0 Å². The summed E-state index contributed by atoms with van der Waals surface area (Å²) in [4.78, 5) is 23.4. The molecular formula is C17H25F2N5O. The van der Waals surface area contributed by atoms with Crippen LogP contribution in [0.1, 0.15) is 49.7 Å². The average Bonchev–Trinajstić information content (AvgIpc) is 3.01. The van der Waals surface area contributed by atoms with Crippen molar-refractivity contribution >= 4 is 5.91 Å². The Hall–Kier alpha value is -2.38. The fraction of sp³-hybridized carbons (Fsp3) is 0.529. The molecule has 8 heteroatoms. The van der Waals surface area contributed by atoms with Crippen LogP contribution in [0.25, 0.3) is 11.5 Å². The Labute approximate surface area is 147 Å². The monoisotopic (exact) mass is 353 g/mol. The molecule has 2 heterocycles. The van der Waals surface area contributed by atoms with Gasteiger partial charge in [-0.1, -0.05) is 19.3 Å². The highest BCUT2D eigenvalue weighted by molar-refractivity contribution is 5.91. The first-order valence-electron chi connectivity index (χ1n) is 8.28. The standard InChI is InChI=1S/C10H11N5O.C7H12F2.H2/c1-6-3-7(9(11)16)14-10(13-6)8-4-12-5-15(8)2;8-7(9)6-4-2-1-3-5-6;/h3-5H,1-2H3,(H2,11,16);6-7H,1-5H2;1H. The quantitative estimate of drug-likeness (QED) is 0.916. The topological polar surface area (TPSA) is 86.7 Å². The molecule has 0 saturated heterocycles. The smallest absolute Gasteiger partial charge is 0.267 e. The number of amides is 1. The van der Waals surface area contributed by atoms with Gasteiger partial charge in [-0.3, -0.25) is 4.79 Å². The van der Waals surface area contributed by atoms with Crippen molar-refractivity contribution < 1.29 is 15.0 Å². The molecule has 1 amide bonds. The number of nitrogens with zero attached hydrogens (tertiary/aromatic N) is 4. The van der Waals surface area contributed by atoms with E-state index in [0.29, 0.717) is 11.5 Å². The lowest BCUT2D eigenvalue weighted by Gasteiger charge is -2.19. The highest BCUT2D eigenvalue weighted by Gasteiger charge is 2.21. The Morgan fingerprint density at radius 3 is 2.48 bits per heavy atom. The van der Waals surface area contributed by atoms with Crippen LogP contribution in [0.2, 0.25) is 0 Å². The van der Waals surface area contributed by atoms with E-state index in [-0.39, 0.29) is 13.0 Å². The maximum atomic E-state index is 11.9. The average molecular weight is 353 g/mol. The summed E-state index contributed by atoms with van der Waals surface area (Å²) in [5, 5.41) is 0. The molecule has 0 unspecified atom stereocenters. The second-order valence-corrected chi connectivity index (χ2v) is 6.20.